The number of hydrogen-bond acceptors (Lipinski definition) is 5. The van der Waals surface area contributed by atoms with Gasteiger partial charge in [0.05, 0.1) is 11.9 Å². The molecule has 2 rings (SSSR count). The minimum atomic E-state index is 0.214. The van der Waals surface area contributed by atoms with Crippen LogP contribution in [0, 0.1) is 0 Å². The van der Waals surface area contributed by atoms with Gasteiger partial charge in [0.25, 0.3) is 0 Å². The number of hydrogen-bond donors (Lipinski definition) is 2. The summed E-state index contributed by atoms with van der Waals surface area (Å²) in [5.74, 6) is 0.813. The van der Waals surface area contributed by atoms with Crippen molar-refractivity contribution in [2.75, 3.05) is 23.8 Å². The third-order valence-corrected chi connectivity index (χ3v) is 3.08. The third kappa shape index (κ3) is 2.24. The predicted octanol–water partition coefficient (Wildman–Crippen LogP) is 0.800. The summed E-state index contributed by atoms with van der Waals surface area (Å²) >= 11 is 0. The van der Waals surface area contributed by atoms with E-state index in [0.29, 0.717) is 11.7 Å². The predicted molar refractivity (Wildman–Crippen MR) is 63.1 cm³/mol. The highest BCUT2D eigenvalue weighted by Gasteiger charge is 2.24. The quantitative estimate of drug-likeness (QED) is 0.791. The molecule has 0 saturated carbocycles. The minimum absolute atomic E-state index is 0.214. The summed E-state index contributed by atoms with van der Waals surface area (Å²) in [4.78, 5) is 10.3. The van der Waals surface area contributed by atoms with Crippen LogP contribution in [0.2, 0.25) is 0 Å². The van der Waals surface area contributed by atoms with Crippen molar-refractivity contribution in [3.63, 3.8) is 0 Å². The van der Waals surface area contributed by atoms with Gasteiger partial charge in [0.2, 0.25) is 0 Å². The maximum absolute atomic E-state index is 9.06. The lowest BCUT2D eigenvalue weighted by atomic mass is 9.99. The first-order chi connectivity index (χ1) is 7.83. The number of aromatic nitrogens is 2. The van der Waals surface area contributed by atoms with Crippen molar-refractivity contribution in [1.82, 2.24) is 9.97 Å². The smallest absolute Gasteiger partial charge is 0.155 e. The molecule has 1 aromatic rings. The summed E-state index contributed by atoms with van der Waals surface area (Å²) in [6.07, 6.45) is 7.41. The van der Waals surface area contributed by atoms with Gasteiger partial charge in [-0.05, 0) is 25.7 Å². The second-order valence-corrected chi connectivity index (χ2v) is 4.16. The Labute approximate surface area is 95.3 Å². The number of nitrogen functional groups attached to an aromatic ring is 1. The first-order valence-corrected chi connectivity index (χ1v) is 5.76. The zero-order chi connectivity index (χ0) is 11.4. The summed E-state index contributed by atoms with van der Waals surface area (Å²) in [5, 5.41) is 9.06. The molecular weight excluding hydrogens is 204 g/mol. The second-order valence-electron chi connectivity index (χ2n) is 4.16. The van der Waals surface area contributed by atoms with Gasteiger partial charge in [-0.1, -0.05) is 0 Å². The topological polar surface area (TPSA) is 75.3 Å². The molecule has 1 aliphatic rings. The van der Waals surface area contributed by atoms with E-state index in [1.807, 2.05) is 0 Å². The van der Waals surface area contributed by atoms with E-state index in [2.05, 4.69) is 14.9 Å². The van der Waals surface area contributed by atoms with E-state index in [4.69, 9.17) is 10.8 Å². The van der Waals surface area contributed by atoms with E-state index in [-0.39, 0.29) is 6.61 Å². The van der Waals surface area contributed by atoms with Crippen molar-refractivity contribution in [3.05, 3.63) is 12.5 Å². The van der Waals surface area contributed by atoms with E-state index < -0.39 is 0 Å². The van der Waals surface area contributed by atoms with E-state index in [1.165, 1.54) is 12.7 Å². The molecule has 0 radical (unpaired) electrons. The molecular formula is C11H18N4O. The second kappa shape index (κ2) is 5.12. The standard InChI is InChI=1S/C11H18N4O/c12-10-7-13-8-14-11(10)15-5-2-1-3-9(15)4-6-16/h7-9,16H,1-6,12H2. The van der Waals surface area contributed by atoms with Crippen LogP contribution in [0.15, 0.2) is 12.5 Å². The largest absolute Gasteiger partial charge is 0.396 e. The van der Waals surface area contributed by atoms with Crippen LogP contribution < -0.4 is 10.6 Å². The molecule has 1 fully saturated rings. The molecule has 1 aromatic heterocycles. The van der Waals surface area contributed by atoms with Crippen LogP contribution in [-0.2, 0) is 0 Å². The average molecular weight is 222 g/mol. The maximum atomic E-state index is 9.06. The SMILES string of the molecule is Nc1cncnc1N1CCCCC1CCO. The lowest BCUT2D eigenvalue weighted by Gasteiger charge is -2.36. The fourth-order valence-electron chi connectivity index (χ4n) is 2.30. The number of aliphatic hydroxyl groups excluding tert-OH is 1. The van der Waals surface area contributed by atoms with Crippen LogP contribution in [0.4, 0.5) is 11.5 Å². The molecule has 0 aromatic carbocycles. The number of nitrogens with zero attached hydrogens (tertiary/aromatic N) is 3. The molecule has 1 saturated heterocycles. The normalized spacial score (nSPS) is 21.1. The van der Waals surface area contributed by atoms with E-state index in [9.17, 15) is 0 Å². The van der Waals surface area contributed by atoms with Crippen LogP contribution in [-0.4, -0.2) is 34.3 Å². The molecule has 0 amide bonds. The zero-order valence-electron chi connectivity index (χ0n) is 9.34. The number of rotatable bonds is 3. The zero-order valence-corrected chi connectivity index (χ0v) is 9.34. The van der Waals surface area contributed by atoms with Gasteiger partial charge in [0.1, 0.15) is 6.33 Å². The lowest BCUT2D eigenvalue weighted by molar-refractivity contribution is 0.262. The van der Waals surface area contributed by atoms with Gasteiger partial charge in [-0.15, -0.1) is 0 Å². The van der Waals surface area contributed by atoms with Crippen molar-refractivity contribution in [3.8, 4) is 0 Å². The van der Waals surface area contributed by atoms with Crippen LogP contribution >= 0.6 is 0 Å². The highest BCUT2D eigenvalue weighted by molar-refractivity contribution is 5.61. The third-order valence-electron chi connectivity index (χ3n) is 3.08. The molecule has 1 atom stereocenters. The summed E-state index contributed by atoms with van der Waals surface area (Å²) in [5.41, 5.74) is 6.50. The van der Waals surface area contributed by atoms with Crippen molar-refractivity contribution < 1.29 is 5.11 Å². The molecule has 1 aliphatic heterocycles. The molecule has 2 heterocycles. The molecule has 16 heavy (non-hydrogen) atoms. The molecule has 3 N–H and O–H groups in total. The Morgan fingerprint density at radius 2 is 2.38 bits per heavy atom. The minimum Gasteiger partial charge on any atom is -0.396 e. The summed E-state index contributed by atoms with van der Waals surface area (Å²) in [7, 11) is 0. The van der Waals surface area contributed by atoms with Gasteiger partial charge in [-0.25, -0.2) is 9.97 Å². The van der Waals surface area contributed by atoms with Crippen molar-refractivity contribution in [2.24, 2.45) is 0 Å². The van der Waals surface area contributed by atoms with Gasteiger partial charge in [0.15, 0.2) is 5.82 Å². The average Bonchev–Trinajstić information content (AvgIpc) is 2.31. The summed E-state index contributed by atoms with van der Waals surface area (Å²) in [6.45, 7) is 1.18. The van der Waals surface area contributed by atoms with E-state index >= 15 is 0 Å². The lowest BCUT2D eigenvalue weighted by Crippen LogP contribution is -2.41. The highest BCUT2D eigenvalue weighted by atomic mass is 16.3. The molecule has 5 nitrogen and oxygen atoms in total. The fraction of sp³-hybridized carbons (Fsp3) is 0.636. The molecule has 0 spiro atoms. The Morgan fingerprint density at radius 3 is 3.12 bits per heavy atom. The Kier molecular flexibility index (Phi) is 3.56. The summed E-state index contributed by atoms with van der Waals surface area (Å²) in [6, 6.07) is 0.357. The van der Waals surface area contributed by atoms with Crippen LogP contribution in [0.25, 0.3) is 0 Å². The Morgan fingerprint density at radius 1 is 1.50 bits per heavy atom. The molecule has 88 valence electrons. The van der Waals surface area contributed by atoms with Crippen LogP contribution in [0.1, 0.15) is 25.7 Å². The number of aliphatic hydroxyl groups is 1. The van der Waals surface area contributed by atoms with Crippen molar-refractivity contribution >= 4 is 11.5 Å². The molecule has 5 heteroatoms. The van der Waals surface area contributed by atoms with E-state index in [1.54, 1.807) is 6.20 Å². The highest BCUT2D eigenvalue weighted by Crippen LogP contribution is 2.27. The Bertz CT molecular complexity index is 343. The Hall–Kier alpha value is -1.36. The molecule has 1 unspecified atom stereocenters. The number of anilines is 2. The summed E-state index contributed by atoms with van der Waals surface area (Å²) < 4.78 is 0. The van der Waals surface area contributed by atoms with Gasteiger partial charge in [-0.3, -0.25) is 0 Å². The van der Waals surface area contributed by atoms with Crippen molar-refractivity contribution in [1.29, 1.82) is 0 Å². The fourth-order valence-corrected chi connectivity index (χ4v) is 2.30. The van der Waals surface area contributed by atoms with Crippen LogP contribution in [0.3, 0.4) is 0 Å². The van der Waals surface area contributed by atoms with Gasteiger partial charge in [-0.2, -0.15) is 0 Å². The maximum Gasteiger partial charge on any atom is 0.155 e. The van der Waals surface area contributed by atoms with Crippen molar-refractivity contribution in [2.45, 2.75) is 31.7 Å². The molecule has 0 aliphatic carbocycles. The first-order valence-electron chi connectivity index (χ1n) is 5.76. The number of piperidine rings is 1. The first kappa shape index (κ1) is 11.1. The van der Waals surface area contributed by atoms with Gasteiger partial charge < -0.3 is 15.7 Å². The Balaban J connectivity index is 2.19. The molecule has 0 bridgehead atoms. The number of nitrogens with two attached hydrogens (primary N) is 1. The monoisotopic (exact) mass is 222 g/mol. The van der Waals surface area contributed by atoms with Crippen LogP contribution in [0.5, 0.6) is 0 Å². The van der Waals surface area contributed by atoms with E-state index in [0.717, 1.165) is 31.6 Å². The van der Waals surface area contributed by atoms with Gasteiger partial charge in [0, 0.05) is 19.2 Å². The van der Waals surface area contributed by atoms with Gasteiger partial charge >= 0.3 is 0 Å².